The SMILES string of the molecule is COc1ccc(-c2nc(C(=O)N3CCN(c4ccccc4F)CC3)cs2)cc1OC. The zero-order valence-corrected chi connectivity index (χ0v) is 17.6. The van der Waals surface area contributed by atoms with Crippen LogP contribution in [0.25, 0.3) is 10.6 Å². The number of hydrogen-bond acceptors (Lipinski definition) is 6. The second kappa shape index (κ2) is 8.71. The lowest BCUT2D eigenvalue weighted by molar-refractivity contribution is 0.0741. The van der Waals surface area contributed by atoms with Gasteiger partial charge in [0.25, 0.3) is 5.91 Å². The molecule has 0 atom stereocenters. The van der Waals surface area contributed by atoms with Crippen LogP contribution in [-0.2, 0) is 0 Å². The first-order valence-corrected chi connectivity index (χ1v) is 10.5. The number of hydrogen-bond donors (Lipinski definition) is 0. The number of benzene rings is 2. The molecular formula is C22H22FN3O3S. The smallest absolute Gasteiger partial charge is 0.273 e. The highest BCUT2D eigenvalue weighted by atomic mass is 32.1. The van der Waals surface area contributed by atoms with E-state index in [1.54, 1.807) is 36.6 Å². The summed E-state index contributed by atoms with van der Waals surface area (Å²) in [5.74, 6) is 0.909. The van der Waals surface area contributed by atoms with Gasteiger partial charge in [0.1, 0.15) is 16.5 Å². The second-order valence-corrected chi connectivity index (χ2v) is 7.70. The van der Waals surface area contributed by atoms with Crippen LogP contribution in [-0.4, -0.2) is 56.2 Å². The normalized spacial score (nSPS) is 14.0. The third kappa shape index (κ3) is 3.95. The standard InChI is InChI=1S/C22H22FN3O3S/c1-28-19-8-7-15(13-20(19)29-2)21-24-17(14-30-21)22(27)26-11-9-25(10-12-26)18-6-4-3-5-16(18)23/h3-8,13-14H,9-12H2,1-2H3. The number of piperazine rings is 1. The predicted molar refractivity (Wildman–Crippen MR) is 115 cm³/mol. The molecule has 0 bridgehead atoms. The summed E-state index contributed by atoms with van der Waals surface area (Å²) in [6, 6.07) is 12.3. The molecule has 30 heavy (non-hydrogen) atoms. The molecule has 8 heteroatoms. The number of rotatable bonds is 5. The molecular weight excluding hydrogens is 405 g/mol. The van der Waals surface area contributed by atoms with Crippen molar-refractivity contribution in [2.75, 3.05) is 45.3 Å². The molecule has 0 radical (unpaired) electrons. The summed E-state index contributed by atoms with van der Waals surface area (Å²) in [7, 11) is 3.17. The average Bonchev–Trinajstić information content (AvgIpc) is 3.29. The number of amides is 1. The number of ether oxygens (including phenoxy) is 2. The predicted octanol–water partition coefficient (Wildman–Crippen LogP) is 3.93. The van der Waals surface area contributed by atoms with E-state index in [4.69, 9.17) is 9.47 Å². The Hall–Kier alpha value is -3.13. The zero-order valence-electron chi connectivity index (χ0n) is 16.8. The van der Waals surface area contributed by atoms with E-state index in [1.807, 2.05) is 29.2 Å². The lowest BCUT2D eigenvalue weighted by Gasteiger charge is -2.35. The summed E-state index contributed by atoms with van der Waals surface area (Å²) in [6.45, 7) is 2.21. The van der Waals surface area contributed by atoms with Crippen LogP contribution in [0.3, 0.4) is 0 Å². The van der Waals surface area contributed by atoms with Crippen molar-refractivity contribution in [2.24, 2.45) is 0 Å². The Labute approximate surface area is 178 Å². The van der Waals surface area contributed by atoms with Gasteiger partial charge in [-0.25, -0.2) is 9.37 Å². The van der Waals surface area contributed by atoms with Crippen molar-refractivity contribution in [3.8, 4) is 22.1 Å². The molecule has 3 aromatic rings. The Kier molecular flexibility index (Phi) is 5.85. The highest BCUT2D eigenvalue weighted by molar-refractivity contribution is 7.13. The van der Waals surface area contributed by atoms with E-state index in [1.165, 1.54) is 17.4 Å². The quantitative estimate of drug-likeness (QED) is 0.618. The number of methoxy groups -OCH3 is 2. The maximum Gasteiger partial charge on any atom is 0.273 e. The number of para-hydroxylation sites is 1. The van der Waals surface area contributed by atoms with Gasteiger partial charge in [0, 0.05) is 37.1 Å². The first-order chi connectivity index (χ1) is 14.6. The van der Waals surface area contributed by atoms with Gasteiger partial charge in [-0.15, -0.1) is 11.3 Å². The molecule has 1 saturated heterocycles. The molecule has 6 nitrogen and oxygen atoms in total. The Bertz CT molecular complexity index is 1050. The van der Waals surface area contributed by atoms with Crippen LogP contribution >= 0.6 is 11.3 Å². The van der Waals surface area contributed by atoms with Gasteiger partial charge in [-0.1, -0.05) is 12.1 Å². The molecule has 4 rings (SSSR count). The van der Waals surface area contributed by atoms with E-state index in [0.29, 0.717) is 49.1 Å². The third-order valence-electron chi connectivity index (χ3n) is 5.11. The molecule has 0 unspecified atom stereocenters. The summed E-state index contributed by atoms with van der Waals surface area (Å²) < 4.78 is 24.6. The molecule has 1 amide bonds. The van der Waals surface area contributed by atoms with E-state index in [2.05, 4.69) is 4.98 Å². The highest BCUT2D eigenvalue weighted by Crippen LogP contribution is 2.33. The highest BCUT2D eigenvalue weighted by Gasteiger charge is 2.25. The maximum absolute atomic E-state index is 14.0. The fraction of sp³-hybridized carbons (Fsp3) is 0.273. The molecule has 0 N–H and O–H groups in total. The Morgan fingerprint density at radius 2 is 1.77 bits per heavy atom. The Morgan fingerprint density at radius 1 is 1.03 bits per heavy atom. The van der Waals surface area contributed by atoms with E-state index in [0.717, 1.165) is 10.6 Å². The van der Waals surface area contributed by atoms with Gasteiger partial charge in [0.15, 0.2) is 11.5 Å². The fourth-order valence-electron chi connectivity index (χ4n) is 3.49. The number of halogens is 1. The monoisotopic (exact) mass is 427 g/mol. The van der Waals surface area contributed by atoms with Crippen molar-refractivity contribution >= 4 is 22.9 Å². The number of anilines is 1. The number of nitrogens with zero attached hydrogens (tertiary/aromatic N) is 3. The van der Waals surface area contributed by atoms with Gasteiger partial charge < -0.3 is 19.3 Å². The van der Waals surface area contributed by atoms with Crippen LogP contribution in [0.1, 0.15) is 10.5 Å². The van der Waals surface area contributed by atoms with Gasteiger partial charge >= 0.3 is 0 Å². The second-order valence-electron chi connectivity index (χ2n) is 6.84. The van der Waals surface area contributed by atoms with Crippen molar-refractivity contribution in [2.45, 2.75) is 0 Å². The topological polar surface area (TPSA) is 54.9 Å². The average molecular weight is 428 g/mol. The summed E-state index contributed by atoms with van der Waals surface area (Å²) in [5, 5.41) is 2.52. The Morgan fingerprint density at radius 3 is 2.47 bits per heavy atom. The van der Waals surface area contributed by atoms with Crippen LogP contribution < -0.4 is 14.4 Å². The first kappa shape index (κ1) is 20.2. The molecule has 2 heterocycles. The molecule has 2 aromatic carbocycles. The van der Waals surface area contributed by atoms with Crippen LogP contribution in [0.2, 0.25) is 0 Å². The third-order valence-corrected chi connectivity index (χ3v) is 6.01. The van der Waals surface area contributed by atoms with Crippen LogP contribution in [0.4, 0.5) is 10.1 Å². The molecule has 0 saturated carbocycles. The molecule has 156 valence electrons. The summed E-state index contributed by atoms with van der Waals surface area (Å²) in [6.07, 6.45) is 0. The largest absolute Gasteiger partial charge is 0.493 e. The van der Waals surface area contributed by atoms with Crippen molar-refractivity contribution in [1.29, 1.82) is 0 Å². The van der Waals surface area contributed by atoms with Gasteiger partial charge in [-0.3, -0.25) is 4.79 Å². The number of thiazole rings is 1. The van der Waals surface area contributed by atoms with Crippen molar-refractivity contribution in [3.05, 3.63) is 59.4 Å². The van der Waals surface area contributed by atoms with Crippen molar-refractivity contribution in [1.82, 2.24) is 9.88 Å². The van der Waals surface area contributed by atoms with E-state index >= 15 is 0 Å². The van der Waals surface area contributed by atoms with Crippen molar-refractivity contribution in [3.63, 3.8) is 0 Å². The first-order valence-electron chi connectivity index (χ1n) is 9.57. The molecule has 1 aliphatic heterocycles. The number of aromatic nitrogens is 1. The van der Waals surface area contributed by atoms with Gasteiger partial charge in [0.2, 0.25) is 0 Å². The number of carbonyl (C=O) groups is 1. The zero-order chi connectivity index (χ0) is 21.1. The van der Waals surface area contributed by atoms with Gasteiger partial charge in [-0.2, -0.15) is 0 Å². The van der Waals surface area contributed by atoms with E-state index in [-0.39, 0.29) is 11.7 Å². The van der Waals surface area contributed by atoms with Crippen LogP contribution in [0, 0.1) is 5.82 Å². The summed E-state index contributed by atoms with van der Waals surface area (Å²) in [5.41, 5.74) is 1.86. The minimum atomic E-state index is -0.240. The minimum absolute atomic E-state index is 0.105. The van der Waals surface area contributed by atoms with E-state index < -0.39 is 0 Å². The molecule has 0 aliphatic carbocycles. The van der Waals surface area contributed by atoms with Gasteiger partial charge in [-0.05, 0) is 30.3 Å². The van der Waals surface area contributed by atoms with Crippen LogP contribution in [0.15, 0.2) is 47.8 Å². The minimum Gasteiger partial charge on any atom is -0.493 e. The summed E-state index contributed by atoms with van der Waals surface area (Å²) in [4.78, 5) is 21.2. The fourth-order valence-corrected chi connectivity index (χ4v) is 4.29. The lowest BCUT2D eigenvalue weighted by Crippen LogP contribution is -2.49. The number of carbonyl (C=O) groups excluding carboxylic acids is 1. The molecule has 1 aromatic heterocycles. The molecule has 0 spiro atoms. The lowest BCUT2D eigenvalue weighted by atomic mass is 10.2. The summed E-state index contributed by atoms with van der Waals surface area (Å²) >= 11 is 1.41. The Balaban J connectivity index is 1.44. The van der Waals surface area contributed by atoms with E-state index in [9.17, 15) is 9.18 Å². The molecule has 1 fully saturated rings. The van der Waals surface area contributed by atoms with Crippen LogP contribution in [0.5, 0.6) is 11.5 Å². The van der Waals surface area contributed by atoms with Gasteiger partial charge in [0.05, 0.1) is 19.9 Å². The molecule has 1 aliphatic rings. The van der Waals surface area contributed by atoms with Crippen molar-refractivity contribution < 1.29 is 18.7 Å². The maximum atomic E-state index is 14.0.